The second-order valence-electron chi connectivity index (χ2n) is 9.05. The van der Waals surface area contributed by atoms with Crippen LogP contribution in [-0.2, 0) is 13.1 Å². The predicted octanol–water partition coefficient (Wildman–Crippen LogP) is 6.15. The Kier molecular flexibility index (Phi) is 8.19. The number of aryl methyl sites for hydroxylation is 1. The molecule has 0 unspecified atom stereocenters. The molecule has 2 heterocycles. The SMILES string of the molecule is Cc1ccc(C(=O)N2CCCC[C@@H]2CCOc2ccc(CN(C)Cc3cccs3)cc2)cc1. The van der Waals surface area contributed by atoms with Gasteiger partial charge in [0.05, 0.1) is 6.61 Å². The first-order valence-electron chi connectivity index (χ1n) is 11.9. The molecule has 4 nitrogen and oxygen atoms in total. The van der Waals surface area contributed by atoms with E-state index in [4.69, 9.17) is 4.74 Å². The number of rotatable bonds is 9. The topological polar surface area (TPSA) is 32.8 Å². The molecule has 0 radical (unpaired) electrons. The Bertz CT molecular complexity index is 999. The van der Waals surface area contributed by atoms with Crippen molar-refractivity contribution in [1.29, 1.82) is 0 Å². The molecule has 0 N–H and O–H groups in total. The lowest BCUT2D eigenvalue weighted by molar-refractivity contribution is 0.0580. The van der Waals surface area contributed by atoms with Crippen LogP contribution < -0.4 is 4.74 Å². The van der Waals surface area contributed by atoms with Gasteiger partial charge >= 0.3 is 0 Å². The molecule has 1 saturated heterocycles. The van der Waals surface area contributed by atoms with Crippen molar-refractivity contribution in [2.24, 2.45) is 0 Å². The largest absolute Gasteiger partial charge is 0.494 e. The highest BCUT2D eigenvalue weighted by Gasteiger charge is 2.27. The van der Waals surface area contributed by atoms with Gasteiger partial charge in [0.25, 0.3) is 5.91 Å². The summed E-state index contributed by atoms with van der Waals surface area (Å²) >= 11 is 1.80. The van der Waals surface area contributed by atoms with Gasteiger partial charge in [0, 0.05) is 42.5 Å². The number of piperidine rings is 1. The lowest BCUT2D eigenvalue weighted by Gasteiger charge is -2.36. The van der Waals surface area contributed by atoms with Crippen molar-refractivity contribution in [2.45, 2.75) is 51.7 Å². The monoisotopic (exact) mass is 462 g/mol. The molecule has 0 saturated carbocycles. The molecule has 4 rings (SSSR count). The summed E-state index contributed by atoms with van der Waals surface area (Å²) in [5.41, 5.74) is 3.24. The maximum Gasteiger partial charge on any atom is 0.254 e. The summed E-state index contributed by atoms with van der Waals surface area (Å²) in [5.74, 6) is 1.04. The van der Waals surface area contributed by atoms with Crippen LogP contribution in [0.3, 0.4) is 0 Å². The summed E-state index contributed by atoms with van der Waals surface area (Å²) in [6.07, 6.45) is 4.17. The van der Waals surface area contributed by atoms with E-state index in [1.165, 1.54) is 22.4 Å². The van der Waals surface area contributed by atoms with Crippen molar-refractivity contribution in [3.8, 4) is 5.75 Å². The fourth-order valence-corrected chi connectivity index (χ4v) is 5.25. The van der Waals surface area contributed by atoms with E-state index in [1.807, 2.05) is 31.2 Å². The van der Waals surface area contributed by atoms with Crippen LogP contribution >= 0.6 is 11.3 Å². The summed E-state index contributed by atoms with van der Waals surface area (Å²) in [6, 6.07) is 20.9. The van der Waals surface area contributed by atoms with E-state index >= 15 is 0 Å². The van der Waals surface area contributed by atoms with Crippen molar-refractivity contribution in [3.63, 3.8) is 0 Å². The Morgan fingerprint density at radius 1 is 1.06 bits per heavy atom. The molecule has 5 heteroatoms. The standard InChI is InChI=1S/C28H34N2O2S/c1-22-8-12-24(13-9-22)28(31)30-17-4-3-6-25(30)16-18-32-26-14-10-23(11-15-26)20-29(2)21-27-7-5-19-33-27/h5,7-15,19,25H,3-4,6,16-18,20-21H2,1-2H3/t25-/m1/s1. The Hall–Kier alpha value is -2.63. The number of amides is 1. The lowest BCUT2D eigenvalue weighted by Crippen LogP contribution is -2.44. The molecule has 2 aromatic carbocycles. The third-order valence-corrected chi connectivity index (χ3v) is 7.15. The molecule has 1 fully saturated rings. The van der Waals surface area contributed by atoms with Gasteiger partial charge in [-0.3, -0.25) is 9.69 Å². The van der Waals surface area contributed by atoms with E-state index in [9.17, 15) is 4.79 Å². The van der Waals surface area contributed by atoms with Crippen LogP contribution in [0, 0.1) is 6.92 Å². The molecular weight excluding hydrogens is 428 g/mol. The summed E-state index contributed by atoms with van der Waals surface area (Å²) in [6.45, 7) is 5.39. The van der Waals surface area contributed by atoms with Gasteiger partial charge in [0.1, 0.15) is 5.75 Å². The Balaban J connectivity index is 1.26. The second-order valence-corrected chi connectivity index (χ2v) is 10.1. The van der Waals surface area contributed by atoms with E-state index in [2.05, 4.69) is 58.6 Å². The summed E-state index contributed by atoms with van der Waals surface area (Å²) in [7, 11) is 2.15. The van der Waals surface area contributed by atoms with Gasteiger partial charge in [-0.2, -0.15) is 0 Å². The quantitative estimate of drug-likeness (QED) is 0.382. The van der Waals surface area contributed by atoms with Crippen LogP contribution in [0.15, 0.2) is 66.0 Å². The Morgan fingerprint density at radius 3 is 2.58 bits per heavy atom. The number of hydrogen-bond donors (Lipinski definition) is 0. The van der Waals surface area contributed by atoms with Crippen molar-refractivity contribution in [2.75, 3.05) is 20.2 Å². The number of thiophene rings is 1. The molecule has 0 spiro atoms. The van der Waals surface area contributed by atoms with Crippen LogP contribution in [0.5, 0.6) is 5.75 Å². The number of likely N-dealkylation sites (tertiary alicyclic amines) is 1. The highest BCUT2D eigenvalue weighted by molar-refractivity contribution is 7.09. The molecule has 3 aromatic rings. The Morgan fingerprint density at radius 2 is 1.85 bits per heavy atom. The minimum absolute atomic E-state index is 0.149. The molecular formula is C28H34N2O2S. The molecule has 1 aliphatic rings. The molecule has 1 amide bonds. The van der Waals surface area contributed by atoms with Crippen LogP contribution in [-0.4, -0.2) is 41.9 Å². The van der Waals surface area contributed by atoms with E-state index in [1.54, 1.807) is 11.3 Å². The molecule has 1 aromatic heterocycles. The van der Waals surface area contributed by atoms with E-state index in [0.29, 0.717) is 6.61 Å². The van der Waals surface area contributed by atoms with Gasteiger partial charge in [-0.1, -0.05) is 35.9 Å². The fourth-order valence-electron chi connectivity index (χ4n) is 4.47. The minimum atomic E-state index is 0.149. The number of benzene rings is 2. The maximum atomic E-state index is 13.1. The fraction of sp³-hybridized carbons (Fsp3) is 0.393. The molecule has 33 heavy (non-hydrogen) atoms. The molecule has 1 aliphatic heterocycles. The third-order valence-electron chi connectivity index (χ3n) is 6.29. The number of nitrogens with zero attached hydrogens (tertiary/aromatic N) is 2. The minimum Gasteiger partial charge on any atom is -0.494 e. The molecule has 0 bridgehead atoms. The van der Waals surface area contributed by atoms with Crippen LogP contribution in [0.2, 0.25) is 0 Å². The molecule has 174 valence electrons. The predicted molar refractivity (Wildman–Crippen MR) is 136 cm³/mol. The van der Waals surface area contributed by atoms with Crippen LogP contribution in [0.25, 0.3) is 0 Å². The summed E-state index contributed by atoms with van der Waals surface area (Å²) in [5, 5.41) is 2.13. The maximum absolute atomic E-state index is 13.1. The first-order chi connectivity index (χ1) is 16.1. The van der Waals surface area contributed by atoms with Crippen molar-refractivity contribution >= 4 is 17.2 Å². The van der Waals surface area contributed by atoms with Gasteiger partial charge in [-0.15, -0.1) is 11.3 Å². The second kappa shape index (κ2) is 11.5. The third kappa shape index (κ3) is 6.68. The van der Waals surface area contributed by atoms with E-state index < -0.39 is 0 Å². The number of carbonyl (C=O) groups excluding carboxylic acids is 1. The number of ether oxygens (including phenoxy) is 1. The lowest BCUT2D eigenvalue weighted by atomic mass is 9.98. The van der Waals surface area contributed by atoms with E-state index in [-0.39, 0.29) is 11.9 Å². The smallest absolute Gasteiger partial charge is 0.254 e. The number of hydrogen-bond acceptors (Lipinski definition) is 4. The van der Waals surface area contributed by atoms with Crippen molar-refractivity contribution in [3.05, 3.63) is 87.6 Å². The zero-order chi connectivity index (χ0) is 23.0. The first-order valence-corrected chi connectivity index (χ1v) is 12.8. The Labute approximate surface area is 201 Å². The molecule has 0 aliphatic carbocycles. The van der Waals surface area contributed by atoms with Gasteiger partial charge in [-0.25, -0.2) is 0 Å². The summed E-state index contributed by atoms with van der Waals surface area (Å²) < 4.78 is 6.05. The highest BCUT2D eigenvalue weighted by Crippen LogP contribution is 2.23. The average Bonchev–Trinajstić information content (AvgIpc) is 3.33. The normalized spacial score (nSPS) is 16.2. The number of carbonyl (C=O) groups is 1. The van der Waals surface area contributed by atoms with Crippen LogP contribution in [0.1, 0.15) is 52.0 Å². The van der Waals surface area contributed by atoms with Crippen molar-refractivity contribution < 1.29 is 9.53 Å². The van der Waals surface area contributed by atoms with Crippen LogP contribution in [0.4, 0.5) is 0 Å². The zero-order valence-corrected chi connectivity index (χ0v) is 20.5. The van der Waals surface area contributed by atoms with E-state index in [0.717, 1.165) is 50.2 Å². The van der Waals surface area contributed by atoms with Gasteiger partial charge in [0.2, 0.25) is 0 Å². The highest BCUT2D eigenvalue weighted by atomic mass is 32.1. The van der Waals surface area contributed by atoms with Crippen molar-refractivity contribution in [1.82, 2.24) is 9.80 Å². The van der Waals surface area contributed by atoms with Gasteiger partial charge in [0.15, 0.2) is 0 Å². The van der Waals surface area contributed by atoms with Gasteiger partial charge < -0.3 is 9.64 Å². The summed E-state index contributed by atoms with van der Waals surface area (Å²) in [4.78, 5) is 18.8. The first kappa shape index (κ1) is 23.5. The average molecular weight is 463 g/mol. The van der Waals surface area contributed by atoms with Gasteiger partial charge in [-0.05, 0) is 74.5 Å². The zero-order valence-electron chi connectivity index (χ0n) is 19.7. The molecule has 1 atom stereocenters.